The van der Waals surface area contributed by atoms with Gasteiger partial charge in [0.2, 0.25) is 5.91 Å². The molecule has 73 heavy (non-hydrogen) atoms. The summed E-state index contributed by atoms with van der Waals surface area (Å²) in [6, 6.07) is 13.1. The van der Waals surface area contributed by atoms with E-state index in [1.165, 1.54) is 38.2 Å². The van der Waals surface area contributed by atoms with Crippen molar-refractivity contribution in [2.45, 2.75) is 208 Å². The molecule has 10 nitrogen and oxygen atoms in total. The number of aliphatic hydroxyl groups excluding tert-OH is 1. The van der Waals surface area contributed by atoms with Crippen LogP contribution in [0.2, 0.25) is 0 Å². The largest absolute Gasteiger partial charge is 0.504 e. The van der Waals surface area contributed by atoms with Crippen LogP contribution in [0.4, 0.5) is 0 Å². The summed E-state index contributed by atoms with van der Waals surface area (Å²) in [5, 5.41) is 29.1. The first-order valence-electron chi connectivity index (χ1n) is 29.0. The molecule has 0 aromatic heterocycles. The Morgan fingerprint density at radius 1 is 0.932 bits per heavy atom. The van der Waals surface area contributed by atoms with Crippen LogP contribution in [0, 0.1) is 57.7 Å². The summed E-state index contributed by atoms with van der Waals surface area (Å²) in [5.41, 5.74) is 9.44. The fraction of sp³-hybridized carbons (Fsp3) is 0.721. The average Bonchev–Trinajstić information content (AvgIpc) is 4.16. The first-order chi connectivity index (χ1) is 35.4. The maximum atomic E-state index is 15.3. The van der Waals surface area contributed by atoms with Gasteiger partial charge < -0.3 is 35.6 Å². The standard InChI is InChI=1S/C61H80N4O6S2/c1-39(66)70-60-33-43-16-17-47(60)31-44-29-45(53(69)54-52(44)42-19-27-59(71-54)23-9-14-46(59)30-42)36-65-38-58(35-51(65)68)49(41-12-4-2-5-13-41)20-26-57(58)21-8-11-40-18-25-56(32-40)22-10-24-61(56,64-55(62)63-37-57)73-72-28-7-3-6-15-48(43)50(67)34-60/h2,4-5,12-13,29,40,42-43,46-50,67,69H,3,6-7,9-11,14-20,22-28,30-38H2,1H3,(H3,62,63,64). The van der Waals surface area contributed by atoms with Crippen molar-refractivity contribution in [3.8, 4) is 23.3 Å². The Morgan fingerprint density at radius 2 is 1.82 bits per heavy atom. The van der Waals surface area contributed by atoms with E-state index in [1.54, 1.807) is 0 Å². The molecule has 6 heterocycles. The van der Waals surface area contributed by atoms with E-state index in [-0.39, 0.29) is 63.7 Å². The van der Waals surface area contributed by atoms with Crippen LogP contribution >= 0.6 is 21.6 Å². The smallest absolute Gasteiger partial charge is 0.303 e. The van der Waals surface area contributed by atoms with E-state index >= 15 is 4.79 Å². The molecule has 0 radical (unpaired) electrons. The molecule has 6 aliphatic heterocycles. The zero-order chi connectivity index (χ0) is 49.8. The normalized spacial score (nSPS) is 42.8. The van der Waals surface area contributed by atoms with Gasteiger partial charge in [-0.3, -0.25) is 14.6 Å². The molecule has 2 aromatic carbocycles. The number of hydrogen-bond acceptors (Lipinski definition) is 11. The summed E-state index contributed by atoms with van der Waals surface area (Å²) in [4.78, 5) is 35.7. The zero-order valence-electron chi connectivity index (χ0n) is 43.4. The van der Waals surface area contributed by atoms with Crippen LogP contribution in [0.5, 0.6) is 11.5 Å². The molecule has 392 valence electrons. The minimum Gasteiger partial charge on any atom is -0.504 e. The van der Waals surface area contributed by atoms with Gasteiger partial charge in [0.25, 0.3) is 0 Å². The van der Waals surface area contributed by atoms with Crippen LogP contribution in [0.15, 0.2) is 41.4 Å². The minimum absolute atomic E-state index is 0.00352. The lowest BCUT2D eigenvalue weighted by atomic mass is 9.57. The second kappa shape index (κ2) is 18.6. The lowest BCUT2D eigenvalue weighted by Crippen LogP contribution is -2.56. The van der Waals surface area contributed by atoms with E-state index in [1.807, 2.05) is 26.5 Å². The zero-order valence-corrected chi connectivity index (χ0v) is 45.0. The molecule has 14 unspecified atom stereocenters. The van der Waals surface area contributed by atoms with Gasteiger partial charge in [0.15, 0.2) is 17.5 Å². The Kier molecular flexibility index (Phi) is 12.5. The van der Waals surface area contributed by atoms with Crippen LogP contribution in [0.1, 0.15) is 195 Å². The van der Waals surface area contributed by atoms with Crippen LogP contribution < -0.4 is 15.8 Å². The Labute approximate surface area is 442 Å². The summed E-state index contributed by atoms with van der Waals surface area (Å²) in [7, 11) is 4.04. The van der Waals surface area contributed by atoms with Gasteiger partial charge in [-0.1, -0.05) is 70.7 Å². The summed E-state index contributed by atoms with van der Waals surface area (Å²) in [5.74, 6) is 11.9. The lowest BCUT2D eigenvalue weighted by Gasteiger charge is -2.54. The molecule has 13 aliphatic rings. The molecule has 5 spiro atoms. The van der Waals surface area contributed by atoms with Crippen molar-refractivity contribution in [1.82, 2.24) is 10.2 Å². The van der Waals surface area contributed by atoms with Crippen LogP contribution in [-0.2, 0) is 27.3 Å². The molecule has 14 atom stereocenters. The van der Waals surface area contributed by atoms with Gasteiger partial charge in [-0.05, 0) is 181 Å². The van der Waals surface area contributed by atoms with Crippen molar-refractivity contribution in [3.63, 3.8) is 0 Å². The Bertz CT molecular complexity index is 2600. The summed E-state index contributed by atoms with van der Waals surface area (Å²) >= 11 is 0. The van der Waals surface area contributed by atoms with E-state index in [9.17, 15) is 15.0 Å². The van der Waals surface area contributed by atoms with E-state index in [0.29, 0.717) is 61.8 Å². The number of nitrogens with one attached hydrogen (secondary N) is 1. The van der Waals surface area contributed by atoms with Gasteiger partial charge in [-0.25, -0.2) is 0 Å². The van der Waals surface area contributed by atoms with Crippen molar-refractivity contribution in [2.24, 2.45) is 56.6 Å². The third-order valence-electron chi connectivity index (χ3n) is 22.4. The molecule has 14 bridgehead atoms. The molecular weight excluding hydrogens is 949 g/mol. The Morgan fingerprint density at radius 3 is 2.70 bits per heavy atom. The number of benzene rings is 2. The van der Waals surface area contributed by atoms with Gasteiger partial charge in [0.1, 0.15) is 16.1 Å². The van der Waals surface area contributed by atoms with E-state index < -0.39 is 22.5 Å². The van der Waals surface area contributed by atoms with Gasteiger partial charge >= 0.3 is 5.97 Å². The van der Waals surface area contributed by atoms with Crippen LogP contribution in [-0.4, -0.2) is 74.0 Å². The van der Waals surface area contributed by atoms with Crippen molar-refractivity contribution >= 4 is 39.4 Å². The molecule has 15 rings (SSSR count). The lowest BCUT2D eigenvalue weighted by molar-refractivity contribution is -0.195. The van der Waals surface area contributed by atoms with Gasteiger partial charge in [-0.15, -0.1) is 5.92 Å². The fourth-order valence-corrected chi connectivity index (χ4v) is 22.6. The van der Waals surface area contributed by atoms with E-state index in [2.05, 4.69) is 53.6 Å². The highest BCUT2D eigenvalue weighted by Gasteiger charge is 2.65. The summed E-state index contributed by atoms with van der Waals surface area (Å²) < 4.78 is 13.9. The Hall–Kier alpha value is -3.53. The van der Waals surface area contributed by atoms with Gasteiger partial charge in [-0.2, -0.15) is 0 Å². The fourth-order valence-electron chi connectivity index (χ4n) is 19.0. The van der Waals surface area contributed by atoms with Gasteiger partial charge in [0.05, 0.1) is 18.1 Å². The predicted octanol–water partition coefficient (Wildman–Crippen LogP) is 11.4. The number of phenolic OH excluding ortho intramolecular Hbond substituents is 1. The Balaban J connectivity index is 0.933. The summed E-state index contributed by atoms with van der Waals surface area (Å²) in [6.45, 7) is 2.74. The van der Waals surface area contributed by atoms with Gasteiger partial charge in [0, 0.05) is 72.9 Å². The molecule has 7 aliphatic carbocycles. The number of ether oxygens (including phenoxy) is 2. The topological polar surface area (TPSA) is 147 Å². The quantitative estimate of drug-likeness (QED) is 0.130. The molecular formula is C61H80N4O6S2. The highest BCUT2D eigenvalue weighted by molar-refractivity contribution is 8.77. The van der Waals surface area contributed by atoms with Crippen LogP contribution in [0.3, 0.4) is 0 Å². The third-order valence-corrected chi connectivity index (χ3v) is 25.7. The first-order valence-corrected chi connectivity index (χ1v) is 31.3. The second-order valence-electron chi connectivity index (χ2n) is 25.9. The maximum Gasteiger partial charge on any atom is 0.303 e. The number of rotatable bonds is 2. The number of amides is 1. The van der Waals surface area contributed by atoms with E-state index in [4.69, 9.17) is 20.2 Å². The minimum atomic E-state index is -0.764. The predicted molar refractivity (Wildman–Crippen MR) is 289 cm³/mol. The number of nitrogens with two attached hydrogens (primary N) is 1. The molecule has 1 amide bonds. The number of aliphatic imine (C=N–C) groups is 1. The van der Waals surface area contributed by atoms with Crippen molar-refractivity contribution in [1.29, 1.82) is 0 Å². The number of guanidine groups is 1. The number of nitrogens with zero attached hydrogens (tertiary/aromatic N) is 2. The number of carbonyl (C=O) groups excluding carboxylic acids is 2. The van der Waals surface area contributed by atoms with E-state index in [0.717, 1.165) is 138 Å². The van der Waals surface area contributed by atoms with Crippen molar-refractivity contribution in [3.05, 3.63) is 58.7 Å². The molecule has 5 N–H and O–H groups in total. The van der Waals surface area contributed by atoms with Crippen molar-refractivity contribution in [2.75, 3.05) is 18.8 Å². The number of fused-ring (bicyclic) bond motifs is 10. The number of hydrogen-bond donors (Lipinski definition) is 4. The molecule has 2 aromatic rings. The number of aromatic hydroxyl groups is 1. The third kappa shape index (κ3) is 8.00. The second-order valence-corrected chi connectivity index (χ2v) is 28.6. The molecule has 1 saturated heterocycles. The number of aliphatic hydroxyl groups is 1. The summed E-state index contributed by atoms with van der Waals surface area (Å²) in [6.07, 6.45) is 23.9. The highest BCUT2D eigenvalue weighted by Crippen LogP contribution is 2.68. The van der Waals surface area contributed by atoms with Crippen molar-refractivity contribution < 1.29 is 29.3 Å². The molecule has 8 fully saturated rings. The molecule has 12 heteroatoms. The monoisotopic (exact) mass is 1030 g/mol. The maximum absolute atomic E-state index is 15.3. The van der Waals surface area contributed by atoms with Crippen LogP contribution in [0.25, 0.3) is 0 Å². The SMILES string of the molecule is CC(=O)OC12CC(O)C3CCCCCSSC45CCCC46CCC(CC#CC4(CCC(c7ccccc7)C47CC(=O)N(Cc4cc(c8c(c4O)OC49CCCC4CC8CC9)CC1CCC3C2)C7)CN=C(N)N5)C6. The number of esters is 1. The first kappa shape index (κ1) is 49.1. The number of carbonyl (C=O) groups is 2. The highest BCUT2D eigenvalue weighted by atomic mass is 33.1. The molecule has 7 saturated carbocycles. The average molecular weight is 1030 g/mol. The number of phenols is 1.